The molecule has 2 heterocycles. The lowest BCUT2D eigenvalue weighted by Crippen LogP contribution is -2.37. The van der Waals surface area contributed by atoms with E-state index in [1.165, 1.54) is 0 Å². The van der Waals surface area contributed by atoms with E-state index in [0.29, 0.717) is 35.7 Å². The fraction of sp³-hybridized carbons (Fsp3) is 0.167. The predicted octanol–water partition coefficient (Wildman–Crippen LogP) is 6.16. The van der Waals surface area contributed by atoms with Crippen molar-refractivity contribution in [3.63, 3.8) is 0 Å². The Labute approximate surface area is 231 Å². The Balaban J connectivity index is 1.57. The van der Waals surface area contributed by atoms with Gasteiger partial charge in [-0.05, 0) is 35.9 Å². The molecule has 0 radical (unpaired) electrons. The molecule has 0 saturated carbocycles. The number of nitrogens with one attached hydrogen (secondary N) is 1. The summed E-state index contributed by atoms with van der Waals surface area (Å²) in [4.78, 5) is 19.1. The molecule has 0 fully saturated rings. The summed E-state index contributed by atoms with van der Waals surface area (Å²) < 4.78 is 0. The Morgan fingerprint density at radius 2 is 1.74 bits per heavy atom. The van der Waals surface area contributed by atoms with Crippen LogP contribution in [0.15, 0.2) is 85.1 Å². The zero-order valence-corrected chi connectivity index (χ0v) is 22.4. The number of nitrogens with zero attached hydrogens (tertiary/aromatic N) is 4. The molecule has 5 N–H and O–H groups in total. The Bertz CT molecular complexity index is 1600. The van der Waals surface area contributed by atoms with Gasteiger partial charge in [0.1, 0.15) is 17.3 Å². The maximum atomic E-state index is 10.3. The third-order valence-corrected chi connectivity index (χ3v) is 6.81. The number of hydrogen-bond donors (Lipinski definition) is 4. The van der Waals surface area contributed by atoms with Crippen molar-refractivity contribution in [1.82, 2.24) is 19.9 Å². The number of aromatic amines is 1. The molecular formula is C30H29ClN6O2. The first-order valence-corrected chi connectivity index (χ1v) is 12.8. The van der Waals surface area contributed by atoms with Gasteiger partial charge in [0.05, 0.1) is 22.1 Å². The quantitative estimate of drug-likeness (QED) is 0.186. The normalized spacial score (nSPS) is 11.5. The second-order valence-corrected chi connectivity index (χ2v) is 10.4. The molecule has 0 atom stereocenters. The standard InChI is InChI=1S/C30H29ClN6O2/c1-30(2,18-37(17-19-7-4-3-5-8-19)21-9-6-10-22(38)16-21)28-35-26(20-11-12-23(31)25(39)15-20)27(36-28)24-13-14-33-29(32)34-24/h3-16,38-39H,17-18H2,1-2H3,(H,35,36)(H2,32,33,34). The molecule has 2 aromatic heterocycles. The molecule has 0 aliphatic heterocycles. The average Bonchev–Trinajstić information content (AvgIpc) is 3.37. The summed E-state index contributed by atoms with van der Waals surface area (Å²) in [6.45, 7) is 5.43. The number of phenols is 2. The highest BCUT2D eigenvalue weighted by Crippen LogP contribution is 2.37. The molecular weight excluding hydrogens is 512 g/mol. The fourth-order valence-electron chi connectivity index (χ4n) is 4.55. The number of aromatic hydroxyl groups is 2. The van der Waals surface area contributed by atoms with E-state index in [-0.39, 0.29) is 22.5 Å². The van der Waals surface area contributed by atoms with Gasteiger partial charge in [-0.2, -0.15) is 0 Å². The van der Waals surface area contributed by atoms with Crippen LogP contribution in [0, 0.1) is 0 Å². The van der Waals surface area contributed by atoms with Gasteiger partial charge in [-0.25, -0.2) is 15.0 Å². The molecule has 9 heteroatoms. The first kappa shape index (κ1) is 26.1. The highest BCUT2D eigenvalue weighted by atomic mass is 35.5. The van der Waals surface area contributed by atoms with Crippen molar-refractivity contribution in [3.05, 3.63) is 101 Å². The number of benzene rings is 3. The molecule has 0 aliphatic rings. The van der Waals surface area contributed by atoms with E-state index in [2.05, 4.69) is 45.8 Å². The summed E-state index contributed by atoms with van der Waals surface area (Å²) in [6, 6.07) is 24.2. The number of imidazole rings is 1. The number of halogens is 1. The summed E-state index contributed by atoms with van der Waals surface area (Å²) in [5.41, 5.74) is 9.96. The van der Waals surface area contributed by atoms with Crippen LogP contribution >= 0.6 is 11.6 Å². The minimum atomic E-state index is -0.486. The van der Waals surface area contributed by atoms with Crippen LogP contribution in [0.4, 0.5) is 11.6 Å². The second kappa shape index (κ2) is 10.7. The van der Waals surface area contributed by atoms with Crippen molar-refractivity contribution >= 4 is 23.2 Å². The van der Waals surface area contributed by atoms with Crippen LogP contribution in [-0.4, -0.2) is 36.7 Å². The third-order valence-electron chi connectivity index (χ3n) is 6.49. The van der Waals surface area contributed by atoms with Gasteiger partial charge in [0.25, 0.3) is 0 Å². The van der Waals surface area contributed by atoms with Gasteiger partial charge < -0.3 is 25.8 Å². The molecule has 5 rings (SSSR count). The summed E-state index contributed by atoms with van der Waals surface area (Å²) in [7, 11) is 0. The number of hydrogen-bond acceptors (Lipinski definition) is 7. The van der Waals surface area contributed by atoms with Gasteiger partial charge in [-0.3, -0.25) is 0 Å². The molecule has 0 saturated heterocycles. The number of nitrogen functional groups attached to an aromatic ring is 1. The molecule has 0 spiro atoms. The molecule has 39 heavy (non-hydrogen) atoms. The Morgan fingerprint density at radius 1 is 0.949 bits per heavy atom. The van der Waals surface area contributed by atoms with E-state index in [0.717, 1.165) is 17.1 Å². The van der Waals surface area contributed by atoms with Crippen LogP contribution < -0.4 is 10.6 Å². The van der Waals surface area contributed by atoms with Crippen LogP contribution in [0.1, 0.15) is 25.2 Å². The van der Waals surface area contributed by atoms with Crippen LogP contribution in [0.3, 0.4) is 0 Å². The average molecular weight is 541 g/mol. The van der Waals surface area contributed by atoms with Gasteiger partial charge in [0.15, 0.2) is 0 Å². The zero-order valence-electron chi connectivity index (χ0n) is 21.6. The lowest BCUT2D eigenvalue weighted by atomic mass is 9.91. The largest absolute Gasteiger partial charge is 0.508 e. The minimum Gasteiger partial charge on any atom is -0.508 e. The number of anilines is 2. The molecule has 0 aliphatic carbocycles. The van der Waals surface area contributed by atoms with Crippen LogP contribution in [0.2, 0.25) is 5.02 Å². The van der Waals surface area contributed by atoms with Gasteiger partial charge in [-0.15, -0.1) is 0 Å². The second-order valence-electron chi connectivity index (χ2n) is 10.0. The Hall–Kier alpha value is -4.56. The maximum Gasteiger partial charge on any atom is 0.220 e. The maximum absolute atomic E-state index is 10.3. The van der Waals surface area contributed by atoms with Gasteiger partial charge in [0, 0.05) is 42.0 Å². The molecule has 8 nitrogen and oxygen atoms in total. The van der Waals surface area contributed by atoms with Crippen molar-refractivity contribution in [3.8, 4) is 34.1 Å². The van der Waals surface area contributed by atoms with E-state index in [9.17, 15) is 10.2 Å². The van der Waals surface area contributed by atoms with Gasteiger partial charge in [0.2, 0.25) is 5.95 Å². The number of rotatable bonds is 8. The topological polar surface area (TPSA) is 124 Å². The highest BCUT2D eigenvalue weighted by molar-refractivity contribution is 6.32. The molecule has 5 aromatic rings. The van der Waals surface area contributed by atoms with E-state index in [1.807, 2.05) is 30.3 Å². The van der Waals surface area contributed by atoms with Crippen molar-refractivity contribution < 1.29 is 10.2 Å². The molecule has 0 amide bonds. The number of aromatic nitrogens is 4. The fourth-order valence-corrected chi connectivity index (χ4v) is 4.66. The third kappa shape index (κ3) is 5.81. The van der Waals surface area contributed by atoms with E-state index in [4.69, 9.17) is 22.3 Å². The van der Waals surface area contributed by atoms with Gasteiger partial charge in [-0.1, -0.05) is 67.9 Å². The monoisotopic (exact) mass is 540 g/mol. The Kier molecular flexibility index (Phi) is 7.13. The van der Waals surface area contributed by atoms with E-state index in [1.54, 1.807) is 42.6 Å². The SMILES string of the molecule is CC(C)(CN(Cc1ccccc1)c1cccc(O)c1)c1nc(-c2ccc(Cl)c(O)c2)c(-c2ccnc(N)n2)[nH]1. The van der Waals surface area contributed by atoms with Crippen molar-refractivity contribution in [2.45, 2.75) is 25.8 Å². The molecule has 0 unspecified atom stereocenters. The number of phenolic OH excluding ortho intramolecular Hbond substituents is 2. The minimum absolute atomic E-state index is 0.0379. The Morgan fingerprint density at radius 3 is 2.46 bits per heavy atom. The van der Waals surface area contributed by atoms with Crippen LogP contribution in [-0.2, 0) is 12.0 Å². The molecule has 198 valence electrons. The van der Waals surface area contributed by atoms with Crippen LogP contribution in [0.5, 0.6) is 11.5 Å². The summed E-state index contributed by atoms with van der Waals surface area (Å²) in [5, 5.41) is 20.8. The van der Waals surface area contributed by atoms with E-state index < -0.39 is 5.41 Å². The number of H-pyrrole nitrogens is 1. The lowest BCUT2D eigenvalue weighted by Gasteiger charge is -2.33. The lowest BCUT2D eigenvalue weighted by molar-refractivity contribution is 0.470. The van der Waals surface area contributed by atoms with E-state index >= 15 is 0 Å². The smallest absolute Gasteiger partial charge is 0.220 e. The summed E-state index contributed by atoms with van der Waals surface area (Å²) in [5.74, 6) is 1.03. The van der Waals surface area contributed by atoms with Gasteiger partial charge >= 0.3 is 0 Å². The van der Waals surface area contributed by atoms with Crippen molar-refractivity contribution in [2.24, 2.45) is 0 Å². The summed E-state index contributed by atoms with van der Waals surface area (Å²) in [6.07, 6.45) is 1.59. The highest BCUT2D eigenvalue weighted by Gasteiger charge is 2.30. The van der Waals surface area contributed by atoms with Crippen LogP contribution in [0.25, 0.3) is 22.6 Å². The molecule has 3 aromatic carbocycles. The first-order chi connectivity index (χ1) is 18.7. The zero-order chi connectivity index (χ0) is 27.6. The summed E-state index contributed by atoms with van der Waals surface area (Å²) >= 11 is 6.08. The van der Waals surface area contributed by atoms with Crippen molar-refractivity contribution in [1.29, 1.82) is 0 Å². The first-order valence-electron chi connectivity index (χ1n) is 12.5. The molecule has 0 bridgehead atoms. The predicted molar refractivity (Wildman–Crippen MR) is 155 cm³/mol. The number of nitrogens with two attached hydrogens (primary N) is 1. The van der Waals surface area contributed by atoms with Crippen molar-refractivity contribution in [2.75, 3.05) is 17.2 Å².